The Balaban J connectivity index is 2.66. The molecule has 0 aliphatic carbocycles. The van der Waals surface area contributed by atoms with Gasteiger partial charge in [-0.3, -0.25) is 10.1 Å². The fourth-order valence-corrected chi connectivity index (χ4v) is 0.771. The second kappa shape index (κ2) is 2.85. The molecule has 0 saturated carbocycles. The molecule has 2 atom stereocenters. The smallest absolute Gasteiger partial charge is 0.309 e. The Morgan fingerprint density at radius 2 is 2.18 bits per heavy atom. The van der Waals surface area contributed by atoms with E-state index in [1.807, 2.05) is 5.32 Å². The highest BCUT2D eigenvalue weighted by Gasteiger charge is 2.32. The summed E-state index contributed by atoms with van der Waals surface area (Å²) in [5.41, 5.74) is 0. The van der Waals surface area contributed by atoms with Crippen LogP contribution >= 0.6 is 0 Å². The summed E-state index contributed by atoms with van der Waals surface area (Å²) in [5, 5.41) is 12.4. The van der Waals surface area contributed by atoms with Crippen LogP contribution in [0.3, 0.4) is 0 Å². The standard InChI is InChI=1S/C5H8N2O4/c1-2-3(8)6-5(9)7-4(2)11-10/h2,4,10H,1H3,(H2,6,7,8,9)/t2-,4-/m1/s1. The largest absolute Gasteiger partial charge is 0.323 e. The van der Waals surface area contributed by atoms with Crippen LogP contribution in [0.5, 0.6) is 0 Å². The van der Waals surface area contributed by atoms with Gasteiger partial charge in [0, 0.05) is 0 Å². The van der Waals surface area contributed by atoms with Crippen LogP contribution < -0.4 is 10.6 Å². The molecule has 11 heavy (non-hydrogen) atoms. The first-order valence-corrected chi connectivity index (χ1v) is 3.06. The summed E-state index contributed by atoms with van der Waals surface area (Å²) in [6.07, 6.45) is -0.948. The summed E-state index contributed by atoms with van der Waals surface area (Å²) in [6.45, 7) is 1.52. The normalized spacial score (nSPS) is 31.1. The molecule has 1 saturated heterocycles. The topological polar surface area (TPSA) is 87.7 Å². The van der Waals surface area contributed by atoms with Gasteiger partial charge in [0.15, 0.2) is 6.23 Å². The lowest BCUT2D eigenvalue weighted by molar-refractivity contribution is -0.292. The summed E-state index contributed by atoms with van der Waals surface area (Å²) in [7, 11) is 0. The highest BCUT2D eigenvalue weighted by atomic mass is 17.1. The zero-order valence-electron chi connectivity index (χ0n) is 5.83. The van der Waals surface area contributed by atoms with Crippen LogP contribution in [0.1, 0.15) is 6.92 Å². The molecule has 1 aliphatic heterocycles. The van der Waals surface area contributed by atoms with Gasteiger partial charge in [0.25, 0.3) is 0 Å². The van der Waals surface area contributed by atoms with E-state index in [0.29, 0.717) is 0 Å². The maximum atomic E-state index is 10.8. The second-order valence-corrected chi connectivity index (χ2v) is 2.28. The molecule has 62 valence electrons. The van der Waals surface area contributed by atoms with Crippen molar-refractivity contribution in [1.29, 1.82) is 0 Å². The summed E-state index contributed by atoms with van der Waals surface area (Å²) in [4.78, 5) is 25.2. The molecule has 0 aromatic heterocycles. The minimum absolute atomic E-state index is 0.465. The van der Waals surface area contributed by atoms with Crippen LogP contribution in [0.4, 0.5) is 4.79 Å². The molecule has 0 radical (unpaired) electrons. The Kier molecular flexibility index (Phi) is 2.06. The molecule has 0 aromatic carbocycles. The van der Waals surface area contributed by atoms with E-state index in [-0.39, 0.29) is 0 Å². The Morgan fingerprint density at radius 1 is 1.55 bits per heavy atom. The lowest BCUT2D eigenvalue weighted by Crippen LogP contribution is -2.57. The lowest BCUT2D eigenvalue weighted by atomic mass is 10.1. The highest BCUT2D eigenvalue weighted by molar-refractivity contribution is 5.98. The fraction of sp³-hybridized carbons (Fsp3) is 0.600. The van der Waals surface area contributed by atoms with Gasteiger partial charge in [-0.25, -0.2) is 14.9 Å². The van der Waals surface area contributed by atoms with Gasteiger partial charge in [-0.15, -0.1) is 0 Å². The monoisotopic (exact) mass is 160 g/mol. The van der Waals surface area contributed by atoms with E-state index >= 15 is 0 Å². The van der Waals surface area contributed by atoms with Crippen molar-refractivity contribution >= 4 is 11.9 Å². The predicted octanol–water partition coefficient (Wildman–Crippen LogP) is -0.722. The molecular weight excluding hydrogens is 152 g/mol. The molecule has 6 nitrogen and oxygen atoms in total. The van der Waals surface area contributed by atoms with Crippen LogP contribution in [0.15, 0.2) is 0 Å². The Hall–Kier alpha value is -1.14. The first kappa shape index (κ1) is 7.96. The lowest BCUT2D eigenvalue weighted by Gasteiger charge is -2.25. The number of hydrogen-bond acceptors (Lipinski definition) is 4. The summed E-state index contributed by atoms with van der Waals surface area (Å²) in [5.74, 6) is -1.05. The van der Waals surface area contributed by atoms with Crippen LogP contribution in [-0.4, -0.2) is 23.4 Å². The number of carbonyl (C=O) groups is 2. The molecule has 3 N–H and O–H groups in total. The SMILES string of the molecule is C[C@@H]1C(=O)NC(=O)N[C@@H]1OO. The number of rotatable bonds is 1. The van der Waals surface area contributed by atoms with Gasteiger partial charge in [0.05, 0.1) is 5.92 Å². The van der Waals surface area contributed by atoms with Crippen molar-refractivity contribution in [3.63, 3.8) is 0 Å². The van der Waals surface area contributed by atoms with Gasteiger partial charge in [0.1, 0.15) is 0 Å². The van der Waals surface area contributed by atoms with Crippen molar-refractivity contribution in [1.82, 2.24) is 10.6 Å². The molecule has 0 unspecified atom stereocenters. The first-order chi connectivity index (χ1) is 5.15. The van der Waals surface area contributed by atoms with E-state index in [1.165, 1.54) is 6.92 Å². The van der Waals surface area contributed by atoms with Crippen molar-refractivity contribution in [3.8, 4) is 0 Å². The third-order valence-corrected chi connectivity index (χ3v) is 1.49. The van der Waals surface area contributed by atoms with Crippen LogP contribution in [-0.2, 0) is 9.68 Å². The Labute approximate surface area is 62.5 Å². The van der Waals surface area contributed by atoms with Gasteiger partial charge < -0.3 is 5.32 Å². The maximum Gasteiger partial charge on any atom is 0.323 e. The molecule has 6 heteroatoms. The number of hydrogen-bond donors (Lipinski definition) is 3. The van der Waals surface area contributed by atoms with Crippen molar-refractivity contribution in [2.75, 3.05) is 0 Å². The van der Waals surface area contributed by atoms with Gasteiger partial charge in [0.2, 0.25) is 5.91 Å². The number of nitrogens with one attached hydrogen (secondary N) is 2. The van der Waals surface area contributed by atoms with Gasteiger partial charge >= 0.3 is 6.03 Å². The average molecular weight is 160 g/mol. The van der Waals surface area contributed by atoms with Crippen molar-refractivity contribution in [3.05, 3.63) is 0 Å². The zero-order valence-corrected chi connectivity index (χ0v) is 5.83. The number of urea groups is 1. The zero-order chi connectivity index (χ0) is 8.43. The summed E-state index contributed by atoms with van der Waals surface area (Å²) >= 11 is 0. The number of carbonyl (C=O) groups excluding carboxylic acids is 2. The molecule has 1 heterocycles. The average Bonchev–Trinajstić information content (AvgIpc) is 1.96. The predicted molar refractivity (Wildman–Crippen MR) is 33.3 cm³/mol. The maximum absolute atomic E-state index is 10.8. The van der Waals surface area contributed by atoms with E-state index in [1.54, 1.807) is 0 Å². The Morgan fingerprint density at radius 3 is 2.73 bits per heavy atom. The second-order valence-electron chi connectivity index (χ2n) is 2.28. The van der Waals surface area contributed by atoms with Gasteiger partial charge in [-0.2, -0.15) is 0 Å². The number of imide groups is 1. The van der Waals surface area contributed by atoms with Gasteiger partial charge in [-0.1, -0.05) is 0 Å². The molecule has 1 rings (SSSR count). The minimum atomic E-state index is -0.948. The van der Waals surface area contributed by atoms with Crippen LogP contribution in [0, 0.1) is 5.92 Å². The quantitative estimate of drug-likeness (QED) is 0.349. The van der Waals surface area contributed by atoms with E-state index in [2.05, 4.69) is 10.2 Å². The highest BCUT2D eigenvalue weighted by Crippen LogP contribution is 2.06. The van der Waals surface area contributed by atoms with Crippen molar-refractivity contribution < 1.29 is 19.7 Å². The van der Waals surface area contributed by atoms with Crippen molar-refractivity contribution in [2.45, 2.75) is 13.2 Å². The van der Waals surface area contributed by atoms with Crippen molar-refractivity contribution in [2.24, 2.45) is 5.92 Å². The van der Waals surface area contributed by atoms with E-state index in [9.17, 15) is 9.59 Å². The van der Waals surface area contributed by atoms with E-state index in [4.69, 9.17) is 5.26 Å². The molecule has 0 spiro atoms. The van der Waals surface area contributed by atoms with Gasteiger partial charge in [-0.05, 0) is 6.92 Å². The van der Waals surface area contributed by atoms with Crippen LogP contribution in [0.2, 0.25) is 0 Å². The fourth-order valence-electron chi connectivity index (χ4n) is 0.771. The van der Waals surface area contributed by atoms with E-state index in [0.717, 1.165) is 0 Å². The molecule has 0 aromatic rings. The molecule has 1 fully saturated rings. The Bertz CT molecular complexity index is 193. The molecule has 0 bridgehead atoms. The molecular formula is C5H8N2O4. The first-order valence-electron chi connectivity index (χ1n) is 3.06. The third kappa shape index (κ3) is 1.47. The van der Waals surface area contributed by atoms with E-state index < -0.39 is 24.1 Å². The summed E-state index contributed by atoms with van der Waals surface area (Å²) in [6, 6.07) is -0.660. The van der Waals surface area contributed by atoms with Crippen LogP contribution in [0.25, 0.3) is 0 Å². The number of amides is 3. The molecule has 3 amide bonds. The third-order valence-electron chi connectivity index (χ3n) is 1.49. The summed E-state index contributed by atoms with van der Waals surface area (Å²) < 4.78 is 0. The minimum Gasteiger partial charge on any atom is -0.309 e. The molecule has 1 aliphatic rings.